The molecule has 0 saturated heterocycles. The number of nitrogens with one attached hydrogen (secondary N) is 1. The van der Waals surface area contributed by atoms with E-state index in [1.807, 2.05) is 0 Å². The van der Waals surface area contributed by atoms with Gasteiger partial charge in [-0.25, -0.2) is 4.79 Å². The average molecular weight is 386 g/mol. The van der Waals surface area contributed by atoms with Crippen molar-refractivity contribution < 1.29 is 18.9 Å². The number of carboxylic acid groups (broad SMARTS) is 1. The predicted octanol–water partition coefficient (Wildman–Crippen LogP) is 3.58. The van der Waals surface area contributed by atoms with E-state index >= 15 is 0 Å². The Morgan fingerprint density at radius 1 is 1.04 bits per heavy atom. The number of carbonyl (C=O) groups excluding carboxylic acids is 1. The van der Waals surface area contributed by atoms with Crippen molar-refractivity contribution in [1.29, 1.82) is 0 Å². The normalized spacial score (nSPS) is 11.8. The standard InChI is InChI=1S/C16H13Cl2NO4S/c17-13-6-5-12(7-14(13)18)19-15(20)9-24(23)8-10-1-3-11(4-2-10)16(21)22/h1-7H,8-9H2,(H,19,20)(H,21,22). The van der Waals surface area contributed by atoms with E-state index in [-0.39, 0.29) is 17.1 Å². The highest BCUT2D eigenvalue weighted by Crippen LogP contribution is 2.24. The average Bonchev–Trinajstić information content (AvgIpc) is 2.51. The van der Waals surface area contributed by atoms with Gasteiger partial charge in [-0.2, -0.15) is 0 Å². The van der Waals surface area contributed by atoms with Crippen molar-refractivity contribution in [3.8, 4) is 0 Å². The zero-order chi connectivity index (χ0) is 17.7. The summed E-state index contributed by atoms with van der Waals surface area (Å²) in [5.41, 5.74) is 1.32. The van der Waals surface area contributed by atoms with Crippen LogP contribution in [-0.2, 0) is 21.3 Å². The molecule has 0 aliphatic heterocycles. The monoisotopic (exact) mass is 385 g/mol. The minimum absolute atomic E-state index is 0.155. The Labute approximate surface area is 151 Å². The molecule has 2 rings (SSSR count). The van der Waals surface area contributed by atoms with Crippen LogP contribution in [0.15, 0.2) is 42.5 Å². The van der Waals surface area contributed by atoms with Crippen molar-refractivity contribution in [2.45, 2.75) is 5.75 Å². The molecule has 2 aromatic rings. The lowest BCUT2D eigenvalue weighted by Gasteiger charge is -2.07. The fourth-order valence-corrected chi connectivity index (χ4v) is 3.23. The number of halogens is 2. The Morgan fingerprint density at radius 2 is 1.71 bits per heavy atom. The Kier molecular flexibility index (Phi) is 6.36. The van der Waals surface area contributed by atoms with Crippen molar-refractivity contribution in [3.05, 3.63) is 63.6 Å². The van der Waals surface area contributed by atoms with Crippen LogP contribution in [0.3, 0.4) is 0 Å². The van der Waals surface area contributed by atoms with E-state index in [0.29, 0.717) is 21.3 Å². The summed E-state index contributed by atoms with van der Waals surface area (Å²) in [7, 11) is -1.42. The maximum absolute atomic E-state index is 12.0. The van der Waals surface area contributed by atoms with Crippen LogP contribution in [0.1, 0.15) is 15.9 Å². The molecule has 0 spiro atoms. The highest BCUT2D eigenvalue weighted by atomic mass is 35.5. The Balaban J connectivity index is 1.90. The van der Waals surface area contributed by atoms with Crippen LogP contribution in [0.2, 0.25) is 10.0 Å². The van der Waals surface area contributed by atoms with Gasteiger partial charge in [0.05, 0.1) is 15.6 Å². The summed E-state index contributed by atoms with van der Waals surface area (Å²) >= 11 is 11.7. The van der Waals surface area contributed by atoms with Crippen LogP contribution in [0.5, 0.6) is 0 Å². The Morgan fingerprint density at radius 3 is 2.29 bits per heavy atom. The number of anilines is 1. The van der Waals surface area contributed by atoms with Gasteiger partial charge >= 0.3 is 5.97 Å². The van der Waals surface area contributed by atoms with Crippen LogP contribution < -0.4 is 5.32 Å². The lowest BCUT2D eigenvalue weighted by molar-refractivity contribution is -0.113. The van der Waals surface area contributed by atoms with Gasteiger partial charge in [0, 0.05) is 22.2 Å². The highest BCUT2D eigenvalue weighted by Gasteiger charge is 2.11. The molecule has 0 fully saturated rings. The number of hydrogen-bond donors (Lipinski definition) is 2. The molecule has 0 saturated carbocycles. The fraction of sp³-hybridized carbons (Fsp3) is 0.125. The summed E-state index contributed by atoms with van der Waals surface area (Å²) in [6, 6.07) is 10.7. The van der Waals surface area contributed by atoms with E-state index in [2.05, 4.69) is 5.32 Å². The lowest BCUT2D eigenvalue weighted by Crippen LogP contribution is -2.20. The largest absolute Gasteiger partial charge is 0.478 e. The number of carboxylic acids is 1. The van der Waals surface area contributed by atoms with Crippen molar-refractivity contribution >= 4 is 51.6 Å². The first-order valence-electron chi connectivity index (χ1n) is 6.77. The van der Waals surface area contributed by atoms with Gasteiger partial charge in [-0.15, -0.1) is 0 Å². The Bertz CT molecular complexity index is 793. The van der Waals surface area contributed by atoms with Gasteiger partial charge in [0.15, 0.2) is 0 Å². The van der Waals surface area contributed by atoms with E-state index in [1.165, 1.54) is 18.2 Å². The zero-order valence-corrected chi connectivity index (χ0v) is 14.6. The molecular formula is C16H13Cl2NO4S. The number of rotatable bonds is 6. The number of amides is 1. The molecule has 1 atom stereocenters. The molecule has 0 radical (unpaired) electrons. The van der Waals surface area contributed by atoms with Gasteiger partial charge in [0.2, 0.25) is 5.91 Å². The third-order valence-corrected chi connectivity index (χ3v) is 5.00. The van der Waals surface area contributed by atoms with E-state index in [9.17, 15) is 13.8 Å². The first kappa shape index (κ1) is 18.4. The maximum atomic E-state index is 12.0. The molecule has 0 heterocycles. The van der Waals surface area contributed by atoms with Gasteiger partial charge < -0.3 is 10.4 Å². The summed E-state index contributed by atoms with van der Waals surface area (Å²) in [6.45, 7) is 0. The van der Waals surface area contributed by atoms with Crippen LogP contribution in [0, 0.1) is 0 Å². The van der Waals surface area contributed by atoms with Crippen LogP contribution in [0.4, 0.5) is 5.69 Å². The molecule has 1 unspecified atom stereocenters. The van der Waals surface area contributed by atoms with E-state index in [4.69, 9.17) is 28.3 Å². The number of carbonyl (C=O) groups is 2. The second-order valence-electron chi connectivity index (χ2n) is 4.91. The summed E-state index contributed by atoms with van der Waals surface area (Å²) in [6.07, 6.45) is 0. The first-order chi connectivity index (χ1) is 11.3. The third-order valence-electron chi connectivity index (χ3n) is 3.02. The molecule has 5 nitrogen and oxygen atoms in total. The number of hydrogen-bond acceptors (Lipinski definition) is 3. The van der Waals surface area contributed by atoms with Crippen molar-refractivity contribution in [2.24, 2.45) is 0 Å². The maximum Gasteiger partial charge on any atom is 0.335 e. The molecule has 0 bridgehead atoms. The van der Waals surface area contributed by atoms with Gasteiger partial charge in [-0.3, -0.25) is 9.00 Å². The minimum Gasteiger partial charge on any atom is -0.478 e. The Hall–Kier alpha value is -1.89. The summed E-state index contributed by atoms with van der Waals surface area (Å²) in [4.78, 5) is 22.7. The molecule has 0 aliphatic carbocycles. The molecule has 24 heavy (non-hydrogen) atoms. The SMILES string of the molecule is O=C(CS(=O)Cc1ccc(C(=O)O)cc1)Nc1ccc(Cl)c(Cl)c1. The van der Waals surface area contributed by atoms with Gasteiger partial charge in [-0.1, -0.05) is 35.3 Å². The summed E-state index contributed by atoms with van der Waals surface area (Å²) in [5, 5.41) is 12.1. The first-order valence-corrected chi connectivity index (χ1v) is 9.01. The number of benzene rings is 2. The summed E-state index contributed by atoms with van der Waals surface area (Å²) in [5.74, 6) is -1.45. The quantitative estimate of drug-likeness (QED) is 0.795. The van der Waals surface area contributed by atoms with Crippen LogP contribution in [0.25, 0.3) is 0 Å². The molecular weight excluding hydrogens is 373 g/mol. The fourth-order valence-electron chi connectivity index (χ4n) is 1.90. The number of aromatic carboxylic acids is 1. The molecule has 2 aromatic carbocycles. The topological polar surface area (TPSA) is 83.5 Å². The summed E-state index contributed by atoms with van der Waals surface area (Å²) < 4.78 is 12.0. The lowest BCUT2D eigenvalue weighted by atomic mass is 10.1. The zero-order valence-electron chi connectivity index (χ0n) is 12.3. The van der Waals surface area contributed by atoms with Crippen LogP contribution in [-0.4, -0.2) is 26.9 Å². The van der Waals surface area contributed by atoms with E-state index < -0.39 is 22.7 Å². The van der Waals surface area contributed by atoms with Gasteiger partial charge in [-0.05, 0) is 35.9 Å². The molecule has 0 aromatic heterocycles. The second-order valence-corrected chi connectivity index (χ2v) is 7.18. The molecule has 1 amide bonds. The van der Waals surface area contributed by atoms with Gasteiger partial charge in [0.1, 0.15) is 5.75 Å². The molecule has 126 valence electrons. The smallest absolute Gasteiger partial charge is 0.335 e. The van der Waals surface area contributed by atoms with Crippen molar-refractivity contribution in [1.82, 2.24) is 0 Å². The van der Waals surface area contributed by atoms with Crippen molar-refractivity contribution in [2.75, 3.05) is 11.1 Å². The highest BCUT2D eigenvalue weighted by molar-refractivity contribution is 7.84. The second kappa shape index (κ2) is 8.28. The molecule has 2 N–H and O–H groups in total. The minimum atomic E-state index is -1.42. The van der Waals surface area contributed by atoms with E-state index in [1.54, 1.807) is 24.3 Å². The van der Waals surface area contributed by atoms with Crippen LogP contribution >= 0.6 is 23.2 Å². The van der Waals surface area contributed by atoms with Crippen molar-refractivity contribution in [3.63, 3.8) is 0 Å². The predicted molar refractivity (Wildman–Crippen MR) is 95.2 cm³/mol. The van der Waals surface area contributed by atoms with E-state index in [0.717, 1.165) is 0 Å². The molecule has 0 aliphatic rings. The van der Waals surface area contributed by atoms with Gasteiger partial charge in [0.25, 0.3) is 0 Å². The molecule has 8 heteroatoms. The third kappa shape index (κ3) is 5.33.